The third-order valence-electron chi connectivity index (χ3n) is 2.49. The number of carbonyl (C=O) groups is 1. The Balaban J connectivity index is 2.16. The van der Waals surface area contributed by atoms with Crippen LogP contribution in [0.2, 0.25) is 0 Å². The summed E-state index contributed by atoms with van der Waals surface area (Å²) in [4.78, 5) is 21.5. The highest BCUT2D eigenvalue weighted by atomic mass is 32.1. The van der Waals surface area contributed by atoms with Gasteiger partial charge in [0.25, 0.3) is 0 Å². The molecule has 1 amide bonds. The lowest BCUT2D eigenvalue weighted by Gasteiger charge is -2.26. The minimum atomic E-state index is -1.01. The minimum Gasteiger partial charge on any atom is -0.442 e. The summed E-state index contributed by atoms with van der Waals surface area (Å²) in [5.74, 6) is 0. The molecule has 0 saturated carbocycles. The van der Waals surface area contributed by atoms with E-state index in [0.717, 1.165) is 10.1 Å². The number of aliphatic hydroxyl groups excluding tert-OH is 1. The van der Waals surface area contributed by atoms with Crippen molar-refractivity contribution in [2.45, 2.75) is 52.0 Å². The summed E-state index contributed by atoms with van der Waals surface area (Å²) >= 11 is 1.49. The van der Waals surface area contributed by atoms with Crippen LogP contribution in [0.15, 0.2) is 5.38 Å². The molecule has 0 bridgehead atoms. The summed E-state index contributed by atoms with van der Waals surface area (Å²) in [6.45, 7) is 7.22. The molecule has 0 aliphatic carbocycles. The van der Waals surface area contributed by atoms with Gasteiger partial charge in [0.15, 0.2) is 6.29 Å². The highest BCUT2D eigenvalue weighted by molar-refractivity contribution is 7.09. The van der Waals surface area contributed by atoms with Gasteiger partial charge in [-0.05, 0) is 27.7 Å². The molecule has 1 saturated heterocycles. The quantitative estimate of drug-likeness (QED) is 0.858. The van der Waals surface area contributed by atoms with Gasteiger partial charge in [-0.15, -0.1) is 11.3 Å². The first-order valence-electron chi connectivity index (χ1n) is 6.05. The van der Waals surface area contributed by atoms with Crippen LogP contribution in [-0.4, -0.2) is 33.1 Å². The molecule has 19 heavy (non-hydrogen) atoms. The van der Waals surface area contributed by atoms with Gasteiger partial charge in [-0.2, -0.15) is 5.06 Å². The number of hydrogen-bond donors (Lipinski definition) is 1. The molecule has 1 unspecified atom stereocenters. The van der Waals surface area contributed by atoms with Gasteiger partial charge in [0.05, 0.1) is 10.7 Å². The fourth-order valence-electron chi connectivity index (χ4n) is 1.79. The van der Waals surface area contributed by atoms with Gasteiger partial charge < -0.3 is 9.84 Å². The van der Waals surface area contributed by atoms with Crippen LogP contribution in [0.3, 0.4) is 0 Å². The van der Waals surface area contributed by atoms with Crippen LogP contribution >= 0.6 is 11.3 Å². The average Bonchev–Trinajstić information content (AvgIpc) is 2.81. The first-order chi connectivity index (χ1) is 8.76. The molecule has 0 radical (unpaired) electrons. The van der Waals surface area contributed by atoms with E-state index in [0.29, 0.717) is 12.1 Å². The number of aryl methyl sites for hydroxylation is 1. The van der Waals surface area contributed by atoms with Crippen molar-refractivity contribution in [3.8, 4) is 0 Å². The van der Waals surface area contributed by atoms with Gasteiger partial charge in [-0.3, -0.25) is 0 Å². The van der Waals surface area contributed by atoms with E-state index in [2.05, 4.69) is 4.98 Å². The van der Waals surface area contributed by atoms with Crippen LogP contribution < -0.4 is 0 Å². The number of hydroxylamine groups is 2. The Morgan fingerprint density at radius 1 is 1.63 bits per heavy atom. The standard InChI is InChI=1S/C12H18N2O4S/c1-7-13-8(6-19-7)9-5-10(15)18-14(9)11(16)17-12(2,3)4/h6,9-10,15H,5H2,1-4H3/t9-,10?/m0/s1. The lowest BCUT2D eigenvalue weighted by Crippen LogP contribution is -2.36. The number of hydrogen-bond acceptors (Lipinski definition) is 6. The molecule has 2 atom stereocenters. The summed E-state index contributed by atoms with van der Waals surface area (Å²) in [7, 11) is 0. The van der Waals surface area contributed by atoms with Crippen LogP contribution in [0.5, 0.6) is 0 Å². The third-order valence-corrected chi connectivity index (χ3v) is 3.29. The van der Waals surface area contributed by atoms with E-state index >= 15 is 0 Å². The van der Waals surface area contributed by atoms with Crippen molar-refractivity contribution in [1.82, 2.24) is 10.0 Å². The van der Waals surface area contributed by atoms with Gasteiger partial charge in [0, 0.05) is 11.8 Å². The van der Waals surface area contributed by atoms with E-state index in [1.165, 1.54) is 11.3 Å². The number of carbonyl (C=O) groups excluding carboxylic acids is 1. The van der Waals surface area contributed by atoms with Crippen LogP contribution in [-0.2, 0) is 9.57 Å². The number of aromatic nitrogens is 1. The number of ether oxygens (including phenoxy) is 1. The molecule has 1 aromatic heterocycles. The number of aliphatic hydroxyl groups is 1. The molecule has 2 rings (SSSR count). The van der Waals surface area contributed by atoms with Crippen LogP contribution in [0, 0.1) is 6.92 Å². The molecule has 1 aliphatic heterocycles. The molecule has 2 heterocycles. The summed E-state index contributed by atoms with van der Waals surface area (Å²) in [6.07, 6.45) is -1.33. The fourth-order valence-corrected chi connectivity index (χ4v) is 2.44. The largest absolute Gasteiger partial charge is 0.442 e. The summed E-state index contributed by atoms with van der Waals surface area (Å²) in [5, 5.41) is 13.4. The van der Waals surface area contributed by atoms with Crippen molar-refractivity contribution in [1.29, 1.82) is 0 Å². The predicted molar refractivity (Wildman–Crippen MR) is 69.4 cm³/mol. The lowest BCUT2D eigenvalue weighted by molar-refractivity contribution is -0.207. The second kappa shape index (κ2) is 5.07. The average molecular weight is 286 g/mol. The maximum Gasteiger partial charge on any atom is 0.435 e. The smallest absolute Gasteiger partial charge is 0.435 e. The van der Waals surface area contributed by atoms with Crippen molar-refractivity contribution in [2.75, 3.05) is 0 Å². The lowest BCUT2D eigenvalue weighted by atomic mass is 10.1. The SMILES string of the molecule is Cc1nc([C@@H]2CC(O)ON2C(=O)OC(C)(C)C)cs1. The summed E-state index contributed by atoms with van der Waals surface area (Å²) in [6, 6.07) is -0.408. The van der Waals surface area contributed by atoms with Crippen molar-refractivity contribution >= 4 is 17.4 Å². The Labute approximate surface area is 115 Å². The predicted octanol–water partition coefficient (Wildman–Crippen LogP) is 2.38. The Morgan fingerprint density at radius 3 is 2.84 bits per heavy atom. The molecular weight excluding hydrogens is 268 g/mol. The molecule has 0 aromatic carbocycles. The molecule has 1 fully saturated rings. The Morgan fingerprint density at radius 2 is 2.32 bits per heavy atom. The zero-order valence-corrected chi connectivity index (χ0v) is 12.2. The van der Waals surface area contributed by atoms with E-state index in [-0.39, 0.29) is 0 Å². The summed E-state index contributed by atoms with van der Waals surface area (Å²) < 4.78 is 5.26. The van der Waals surface area contributed by atoms with E-state index in [9.17, 15) is 9.90 Å². The highest BCUT2D eigenvalue weighted by Gasteiger charge is 2.40. The molecule has 1 N–H and O–H groups in total. The Kier molecular flexibility index (Phi) is 3.80. The van der Waals surface area contributed by atoms with Crippen LogP contribution in [0.4, 0.5) is 4.79 Å². The molecule has 106 valence electrons. The zero-order chi connectivity index (χ0) is 14.2. The van der Waals surface area contributed by atoms with Crippen molar-refractivity contribution in [3.63, 3.8) is 0 Å². The molecule has 1 aromatic rings. The van der Waals surface area contributed by atoms with E-state index in [1.54, 1.807) is 20.8 Å². The topological polar surface area (TPSA) is 71.9 Å². The van der Waals surface area contributed by atoms with Crippen molar-refractivity contribution in [2.24, 2.45) is 0 Å². The maximum atomic E-state index is 12.0. The maximum absolute atomic E-state index is 12.0. The number of thiazole rings is 1. The van der Waals surface area contributed by atoms with Gasteiger partial charge in [-0.1, -0.05) is 0 Å². The second-order valence-electron chi connectivity index (χ2n) is 5.41. The van der Waals surface area contributed by atoms with E-state index in [4.69, 9.17) is 9.57 Å². The molecule has 6 nitrogen and oxygen atoms in total. The zero-order valence-electron chi connectivity index (χ0n) is 11.4. The molecular formula is C12H18N2O4S. The monoisotopic (exact) mass is 286 g/mol. The third kappa shape index (κ3) is 3.43. The number of amides is 1. The van der Waals surface area contributed by atoms with Crippen molar-refractivity contribution in [3.05, 3.63) is 16.1 Å². The Hall–Kier alpha value is -1.18. The number of nitrogens with zero attached hydrogens (tertiary/aromatic N) is 2. The normalized spacial score (nSPS) is 23.7. The minimum absolute atomic E-state index is 0.294. The Bertz CT molecular complexity index is 469. The summed E-state index contributed by atoms with van der Waals surface area (Å²) in [5.41, 5.74) is 0.0983. The number of rotatable bonds is 1. The van der Waals surface area contributed by atoms with Crippen LogP contribution in [0.25, 0.3) is 0 Å². The van der Waals surface area contributed by atoms with Gasteiger partial charge >= 0.3 is 6.09 Å². The van der Waals surface area contributed by atoms with Gasteiger partial charge in [-0.25, -0.2) is 14.6 Å². The first kappa shape index (κ1) is 14.2. The molecule has 0 spiro atoms. The van der Waals surface area contributed by atoms with E-state index < -0.39 is 24.0 Å². The first-order valence-corrected chi connectivity index (χ1v) is 6.93. The van der Waals surface area contributed by atoms with Gasteiger partial charge in [0.1, 0.15) is 11.6 Å². The fraction of sp³-hybridized carbons (Fsp3) is 0.667. The van der Waals surface area contributed by atoms with E-state index in [1.807, 2.05) is 12.3 Å². The molecule has 7 heteroatoms. The van der Waals surface area contributed by atoms with Crippen LogP contribution in [0.1, 0.15) is 43.9 Å². The second-order valence-corrected chi connectivity index (χ2v) is 6.47. The van der Waals surface area contributed by atoms with Gasteiger partial charge in [0.2, 0.25) is 0 Å². The highest BCUT2D eigenvalue weighted by Crippen LogP contribution is 2.34. The molecule has 1 aliphatic rings. The van der Waals surface area contributed by atoms with Crippen molar-refractivity contribution < 1.29 is 19.5 Å².